The maximum absolute atomic E-state index is 12.5. The minimum absolute atomic E-state index is 0.469. The Kier molecular flexibility index (Phi) is 4.14. The van der Waals surface area contributed by atoms with Crippen LogP contribution in [-0.2, 0) is 12.6 Å². The number of alkyl halides is 3. The van der Waals surface area contributed by atoms with E-state index in [1.807, 2.05) is 24.3 Å². The predicted molar refractivity (Wildman–Crippen MR) is 72.3 cm³/mol. The van der Waals surface area contributed by atoms with Gasteiger partial charge in [0.2, 0.25) is 0 Å². The van der Waals surface area contributed by atoms with Gasteiger partial charge in [-0.2, -0.15) is 13.2 Å². The van der Waals surface area contributed by atoms with Crippen molar-refractivity contribution < 1.29 is 18.3 Å². The van der Waals surface area contributed by atoms with E-state index in [1.165, 1.54) is 12.1 Å². The van der Waals surface area contributed by atoms with E-state index in [-0.39, 0.29) is 0 Å². The Labute approximate surface area is 115 Å². The summed E-state index contributed by atoms with van der Waals surface area (Å²) in [5, 5.41) is 9.48. The minimum Gasteiger partial charge on any atom is -0.393 e. The van der Waals surface area contributed by atoms with Gasteiger partial charge in [-0.05, 0) is 42.2 Å². The summed E-state index contributed by atoms with van der Waals surface area (Å²) in [6.45, 7) is 1.68. The Morgan fingerprint density at radius 1 is 1.00 bits per heavy atom. The van der Waals surface area contributed by atoms with Gasteiger partial charge in [0.15, 0.2) is 0 Å². The first kappa shape index (κ1) is 14.6. The first-order chi connectivity index (χ1) is 9.38. The topological polar surface area (TPSA) is 20.2 Å². The standard InChI is InChI=1S/C16H15F3O/c1-11(20)10-13-4-2-3-5-15(13)12-6-8-14(9-7-12)16(17,18)19/h2-9,11,20H,10H2,1H3/t11-/m1/s1. The van der Waals surface area contributed by atoms with Crippen LogP contribution in [0.3, 0.4) is 0 Å². The van der Waals surface area contributed by atoms with Crippen LogP contribution in [0, 0.1) is 0 Å². The molecule has 106 valence electrons. The summed E-state index contributed by atoms with van der Waals surface area (Å²) < 4.78 is 37.6. The molecule has 0 unspecified atom stereocenters. The third-order valence-corrected chi connectivity index (χ3v) is 3.06. The Morgan fingerprint density at radius 2 is 1.60 bits per heavy atom. The van der Waals surface area contributed by atoms with Crippen LogP contribution >= 0.6 is 0 Å². The molecule has 0 saturated heterocycles. The minimum atomic E-state index is -4.32. The van der Waals surface area contributed by atoms with Crippen molar-refractivity contribution in [3.63, 3.8) is 0 Å². The summed E-state index contributed by atoms with van der Waals surface area (Å²) in [4.78, 5) is 0. The highest BCUT2D eigenvalue weighted by atomic mass is 19.4. The molecule has 4 heteroatoms. The lowest BCUT2D eigenvalue weighted by atomic mass is 9.95. The Bertz CT molecular complexity index is 571. The van der Waals surface area contributed by atoms with E-state index in [2.05, 4.69) is 0 Å². The summed E-state index contributed by atoms with van der Waals surface area (Å²) in [6.07, 6.45) is -4.35. The fraction of sp³-hybridized carbons (Fsp3) is 0.250. The normalized spacial score (nSPS) is 13.2. The third kappa shape index (κ3) is 3.39. The molecule has 0 fully saturated rings. The maximum Gasteiger partial charge on any atom is 0.416 e. The molecular formula is C16H15F3O. The quantitative estimate of drug-likeness (QED) is 0.889. The molecule has 1 N–H and O–H groups in total. The average Bonchev–Trinajstić information content (AvgIpc) is 2.38. The molecule has 0 aromatic heterocycles. The number of aliphatic hydroxyl groups is 1. The number of benzene rings is 2. The van der Waals surface area contributed by atoms with Crippen molar-refractivity contribution >= 4 is 0 Å². The van der Waals surface area contributed by atoms with Gasteiger partial charge in [-0.25, -0.2) is 0 Å². The van der Waals surface area contributed by atoms with Crippen LogP contribution in [-0.4, -0.2) is 11.2 Å². The van der Waals surface area contributed by atoms with Crippen molar-refractivity contribution in [2.75, 3.05) is 0 Å². The molecular weight excluding hydrogens is 265 g/mol. The molecule has 0 bridgehead atoms. The summed E-state index contributed by atoms with van der Waals surface area (Å²) in [5.41, 5.74) is 1.83. The van der Waals surface area contributed by atoms with Crippen molar-refractivity contribution in [2.24, 2.45) is 0 Å². The molecule has 0 heterocycles. The summed E-state index contributed by atoms with van der Waals surface area (Å²) in [7, 11) is 0. The van der Waals surface area contributed by atoms with Gasteiger partial charge in [0.25, 0.3) is 0 Å². The van der Waals surface area contributed by atoms with E-state index >= 15 is 0 Å². The van der Waals surface area contributed by atoms with Gasteiger partial charge in [0.1, 0.15) is 0 Å². The second-order valence-corrected chi connectivity index (χ2v) is 4.79. The smallest absolute Gasteiger partial charge is 0.393 e. The molecule has 2 aromatic carbocycles. The fourth-order valence-corrected chi connectivity index (χ4v) is 2.14. The maximum atomic E-state index is 12.5. The Balaban J connectivity index is 2.37. The van der Waals surface area contributed by atoms with Gasteiger partial charge < -0.3 is 5.11 Å². The van der Waals surface area contributed by atoms with Crippen LogP contribution in [0.5, 0.6) is 0 Å². The highest BCUT2D eigenvalue weighted by molar-refractivity contribution is 5.67. The Hall–Kier alpha value is -1.81. The molecule has 1 nitrogen and oxygen atoms in total. The zero-order chi connectivity index (χ0) is 14.8. The lowest BCUT2D eigenvalue weighted by molar-refractivity contribution is -0.137. The number of hydrogen-bond acceptors (Lipinski definition) is 1. The van der Waals surface area contributed by atoms with Crippen molar-refractivity contribution in [2.45, 2.75) is 25.6 Å². The lowest BCUT2D eigenvalue weighted by Gasteiger charge is -2.12. The van der Waals surface area contributed by atoms with E-state index < -0.39 is 17.8 Å². The molecule has 2 rings (SSSR count). The monoisotopic (exact) mass is 280 g/mol. The van der Waals surface area contributed by atoms with Crippen molar-refractivity contribution in [1.82, 2.24) is 0 Å². The van der Waals surface area contributed by atoms with Crippen LogP contribution in [0.1, 0.15) is 18.1 Å². The van der Waals surface area contributed by atoms with E-state index in [0.717, 1.165) is 23.3 Å². The third-order valence-electron chi connectivity index (χ3n) is 3.06. The van der Waals surface area contributed by atoms with Crippen molar-refractivity contribution in [1.29, 1.82) is 0 Å². The first-order valence-corrected chi connectivity index (χ1v) is 6.31. The Morgan fingerprint density at radius 3 is 2.15 bits per heavy atom. The molecule has 1 atom stereocenters. The average molecular weight is 280 g/mol. The van der Waals surface area contributed by atoms with Gasteiger partial charge in [0.05, 0.1) is 11.7 Å². The van der Waals surface area contributed by atoms with E-state index in [9.17, 15) is 18.3 Å². The number of halogens is 3. The molecule has 0 spiro atoms. The molecule has 0 aliphatic rings. The van der Waals surface area contributed by atoms with Crippen LogP contribution in [0.4, 0.5) is 13.2 Å². The van der Waals surface area contributed by atoms with Crippen molar-refractivity contribution in [3.8, 4) is 11.1 Å². The van der Waals surface area contributed by atoms with E-state index in [0.29, 0.717) is 12.0 Å². The summed E-state index contributed by atoms with van der Waals surface area (Å²) >= 11 is 0. The van der Waals surface area contributed by atoms with Crippen LogP contribution in [0.15, 0.2) is 48.5 Å². The van der Waals surface area contributed by atoms with Crippen molar-refractivity contribution in [3.05, 3.63) is 59.7 Å². The van der Waals surface area contributed by atoms with Crippen LogP contribution in [0.25, 0.3) is 11.1 Å². The second kappa shape index (κ2) is 5.67. The lowest BCUT2D eigenvalue weighted by Crippen LogP contribution is -2.06. The van der Waals surface area contributed by atoms with Gasteiger partial charge in [-0.1, -0.05) is 36.4 Å². The van der Waals surface area contributed by atoms with Gasteiger partial charge >= 0.3 is 6.18 Å². The molecule has 20 heavy (non-hydrogen) atoms. The first-order valence-electron chi connectivity index (χ1n) is 6.31. The zero-order valence-electron chi connectivity index (χ0n) is 11.0. The molecule has 0 saturated carbocycles. The summed E-state index contributed by atoms with van der Waals surface area (Å²) in [5.74, 6) is 0. The van der Waals surface area contributed by atoms with Gasteiger partial charge in [-0.15, -0.1) is 0 Å². The largest absolute Gasteiger partial charge is 0.416 e. The number of hydrogen-bond donors (Lipinski definition) is 1. The second-order valence-electron chi connectivity index (χ2n) is 4.79. The fourth-order valence-electron chi connectivity index (χ4n) is 2.14. The molecule has 2 aromatic rings. The highest BCUT2D eigenvalue weighted by Gasteiger charge is 2.30. The number of aliphatic hydroxyl groups excluding tert-OH is 1. The SMILES string of the molecule is C[C@@H](O)Cc1ccccc1-c1ccc(C(F)(F)F)cc1. The molecule has 0 amide bonds. The highest BCUT2D eigenvalue weighted by Crippen LogP contribution is 2.32. The molecule has 0 aliphatic carbocycles. The van der Waals surface area contributed by atoms with Gasteiger partial charge in [-0.3, -0.25) is 0 Å². The summed E-state index contributed by atoms with van der Waals surface area (Å²) in [6, 6.07) is 12.5. The molecule has 0 radical (unpaired) electrons. The predicted octanol–water partition coefficient (Wildman–Crippen LogP) is 4.30. The molecule has 0 aliphatic heterocycles. The van der Waals surface area contributed by atoms with Crippen LogP contribution < -0.4 is 0 Å². The van der Waals surface area contributed by atoms with Crippen LogP contribution in [0.2, 0.25) is 0 Å². The number of rotatable bonds is 3. The zero-order valence-corrected chi connectivity index (χ0v) is 11.0. The van der Waals surface area contributed by atoms with Gasteiger partial charge in [0, 0.05) is 0 Å². The van der Waals surface area contributed by atoms with E-state index in [1.54, 1.807) is 6.92 Å². The van der Waals surface area contributed by atoms with E-state index in [4.69, 9.17) is 0 Å².